The van der Waals surface area contributed by atoms with E-state index in [4.69, 9.17) is 0 Å². The second-order valence-electron chi connectivity index (χ2n) is 5.69. The molecule has 1 amide bonds. The van der Waals surface area contributed by atoms with E-state index in [1.807, 2.05) is 6.92 Å². The van der Waals surface area contributed by atoms with Gasteiger partial charge in [0.05, 0.1) is 16.8 Å². The molecule has 20 heavy (non-hydrogen) atoms. The molecule has 0 saturated heterocycles. The fraction of sp³-hybridized carbons (Fsp3) is 0.533. The first-order chi connectivity index (χ1) is 9.16. The van der Waals surface area contributed by atoms with Gasteiger partial charge >= 0.3 is 5.97 Å². The minimum Gasteiger partial charge on any atom is -0.481 e. The number of carbonyl (C=O) groups excluding carboxylic acids is 1. The Bertz CT molecular complexity index is 526. The summed E-state index contributed by atoms with van der Waals surface area (Å²) in [4.78, 5) is 27.7. The van der Waals surface area contributed by atoms with Crippen molar-refractivity contribution in [2.75, 3.05) is 5.32 Å². The van der Waals surface area contributed by atoms with Gasteiger partial charge in [0.2, 0.25) is 5.91 Å². The Hall–Kier alpha value is -1.91. The Morgan fingerprint density at radius 2 is 1.95 bits per heavy atom. The highest BCUT2D eigenvalue weighted by atomic mass is 16.4. The van der Waals surface area contributed by atoms with Gasteiger partial charge in [0, 0.05) is 12.1 Å². The number of aromatic nitrogens is 1. The lowest BCUT2D eigenvalue weighted by Gasteiger charge is -2.28. The van der Waals surface area contributed by atoms with Gasteiger partial charge in [-0.2, -0.15) is 0 Å². The standard InChI is InChI=1S/C15H22N2O3/c1-9(2)15(5,14(19)20)8-13(18)17-12-7-6-10(3)16-11(12)4/h6-7,9H,8H2,1-5H3,(H,17,18)(H,19,20). The third kappa shape index (κ3) is 3.56. The van der Waals surface area contributed by atoms with Crippen molar-refractivity contribution in [2.45, 2.75) is 41.0 Å². The largest absolute Gasteiger partial charge is 0.481 e. The van der Waals surface area contributed by atoms with Crippen molar-refractivity contribution >= 4 is 17.6 Å². The molecule has 1 heterocycles. The molecule has 0 aromatic carbocycles. The monoisotopic (exact) mass is 278 g/mol. The summed E-state index contributed by atoms with van der Waals surface area (Å²) in [6.07, 6.45) is -0.0622. The van der Waals surface area contributed by atoms with Gasteiger partial charge in [-0.25, -0.2) is 0 Å². The van der Waals surface area contributed by atoms with Crippen LogP contribution in [-0.4, -0.2) is 22.0 Å². The van der Waals surface area contributed by atoms with E-state index in [0.717, 1.165) is 11.4 Å². The summed E-state index contributed by atoms with van der Waals surface area (Å²) in [5, 5.41) is 12.1. The average Bonchev–Trinajstić information content (AvgIpc) is 2.32. The van der Waals surface area contributed by atoms with E-state index < -0.39 is 11.4 Å². The summed E-state index contributed by atoms with van der Waals surface area (Å²) >= 11 is 0. The number of carbonyl (C=O) groups is 2. The maximum Gasteiger partial charge on any atom is 0.310 e. The van der Waals surface area contributed by atoms with Crippen LogP contribution in [0.5, 0.6) is 0 Å². The van der Waals surface area contributed by atoms with E-state index in [2.05, 4.69) is 10.3 Å². The molecule has 0 aliphatic carbocycles. The first kappa shape index (κ1) is 16.1. The molecular weight excluding hydrogens is 256 g/mol. The highest BCUT2D eigenvalue weighted by molar-refractivity contribution is 5.94. The van der Waals surface area contributed by atoms with Gasteiger partial charge in [-0.3, -0.25) is 14.6 Å². The van der Waals surface area contributed by atoms with E-state index in [0.29, 0.717) is 5.69 Å². The van der Waals surface area contributed by atoms with E-state index in [1.54, 1.807) is 39.8 Å². The number of hydrogen-bond donors (Lipinski definition) is 2. The van der Waals surface area contributed by atoms with Crippen molar-refractivity contribution in [3.05, 3.63) is 23.5 Å². The SMILES string of the molecule is Cc1ccc(NC(=O)CC(C)(C(=O)O)C(C)C)c(C)n1. The van der Waals surface area contributed by atoms with Crippen LogP contribution in [0.4, 0.5) is 5.69 Å². The van der Waals surface area contributed by atoms with Crippen LogP contribution in [0.2, 0.25) is 0 Å². The van der Waals surface area contributed by atoms with Gasteiger partial charge in [0.15, 0.2) is 0 Å². The lowest BCUT2D eigenvalue weighted by atomic mass is 9.76. The van der Waals surface area contributed by atoms with Crippen LogP contribution in [0.25, 0.3) is 0 Å². The van der Waals surface area contributed by atoms with Gasteiger partial charge in [0.25, 0.3) is 0 Å². The zero-order chi connectivity index (χ0) is 15.5. The number of aryl methyl sites for hydroxylation is 2. The lowest BCUT2D eigenvalue weighted by Crippen LogP contribution is -2.37. The first-order valence-electron chi connectivity index (χ1n) is 6.64. The summed E-state index contributed by atoms with van der Waals surface area (Å²) in [6.45, 7) is 8.89. The molecule has 1 unspecified atom stereocenters. The predicted molar refractivity (Wildman–Crippen MR) is 77.5 cm³/mol. The van der Waals surface area contributed by atoms with Gasteiger partial charge in [-0.15, -0.1) is 0 Å². The summed E-state index contributed by atoms with van der Waals surface area (Å²) < 4.78 is 0. The highest BCUT2D eigenvalue weighted by Crippen LogP contribution is 2.31. The number of carboxylic acids is 1. The first-order valence-corrected chi connectivity index (χ1v) is 6.64. The van der Waals surface area contributed by atoms with Crippen molar-refractivity contribution in [2.24, 2.45) is 11.3 Å². The van der Waals surface area contributed by atoms with Gasteiger partial charge in [0.1, 0.15) is 0 Å². The number of nitrogens with one attached hydrogen (secondary N) is 1. The molecule has 1 aromatic heterocycles. The van der Waals surface area contributed by atoms with Crippen molar-refractivity contribution in [1.29, 1.82) is 0 Å². The fourth-order valence-electron chi connectivity index (χ4n) is 1.87. The summed E-state index contributed by atoms with van der Waals surface area (Å²) in [6, 6.07) is 3.59. The molecule has 0 aliphatic rings. The van der Waals surface area contributed by atoms with E-state index in [1.165, 1.54) is 0 Å². The Morgan fingerprint density at radius 1 is 1.35 bits per heavy atom. The number of anilines is 1. The Labute approximate surface area is 119 Å². The zero-order valence-electron chi connectivity index (χ0n) is 12.7. The van der Waals surface area contributed by atoms with Crippen LogP contribution in [0.15, 0.2) is 12.1 Å². The summed E-state index contributed by atoms with van der Waals surface area (Å²) in [5.74, 6) is -1.40. The molecule has 0 fully saturated rings. The molecule has 1 rings (SSSR count). The fourth-order valence-corrected chi connectivity index (χ4v) is 1.87. The number of amides is 1. The third-order valence-electron chi connectivity index (χ3n) is 3.79. The second-order valence-corrected chi connectivity index (χ2v) is 5.69. The molecule has 5 heteroatoms. The second kappa shape index (κ2) is 6.03. The van der Waals surface area contributed by atoms with Crippen molar-refractivity contribution < 1.29 is 14.7 Å². The maximum atomic E-state index is 12.1. The van der Waals surface area contributed by atoms with Gasteiger partial charge in [-0.05, 0) is 38.8 Å². The minimum absolute atomic E-state index is 0.0622. The van der Waals surface area contributed by atoms with Crippen LogP contribution >= 0.6 is 0 Å². The number of aliphatic carboxylic acids is 1. The molecule has 5 nitrogen and oxygen atoms in total. The lowest BCUT2D eigenvalue weighted by molar-refractivity contribution is -0.153. The molecule has 0 aliphatic heterocycles. The Morgan fingerprint density at radius 3 is 2.40 bits per heavy atom. The van der Waals surface area contributed by atoms with Crippen LogP contribution in [-0.2, 0) is 9.59 Å². The molecule has 0 radical (unpaired) electrons. The van der Waals surface area contributed by atoms with Crippen LogP contribution < -0.4 is 5.32 Å². The number of hydrogen-bond acceptors (Lipinski definition) is 3. The van der Waals surface area contributed by atoms with Gasteiger partial charge < -0.3 is 10.4 Å². The van der Waals surface area contributed by atoms with Crippen LogP contribution in [0, 0.1) is 25.2 Å². The van der Waals surface area contributed by atoms with Crippen molar-refractivity contribution in [3.8, 4) is 0 Å². The molecule has 1 atom stereocenters. The number of pyridine rings is 1. The van der Waals surface area contributed by atoms with Crippen molar-refractivity contribution in [1.82, 2.24) is 4.98 Å². The van der Waals surface area contributed by atoms with Gasteiger partial charge in [-0.1, -0.05) is 13.8 Å². The Balaban J connectivity index is 2.84. The van der Waals surface area contributed by atoms with E-state index in [9.17, 15) is 14.7 Å². The van der Waals surface area contributed by atoms with Crippen LogP contribution in [0.1, 0.15) is 38.6 Å². The third-order valence-corrected chi connectivity index (χ3v) is 3.79. The van der Waals surface area contributed by atoms with Crippen molar-refractivity contribution in [3.63, 3.8) is 0 Å². The molecule has 1 aromatic rings. The summed E-state index contributed by atoms with van der Waals surface area (Å²) in [5.41, 5.74) is 1.14. The molecule has 2 N–H and O–H groups in total. The number of nitrogens with zero attached hydrogens (tertiary/aromatic N) is 1. The topological polar surface area (TPSA) is 79.3 Å². The zero-order valence-corrected chi connectivity index (χ0v) is 12.7. The number of carboxylic acid groups (broad SMARTS) is 1. The maximum absolute atomic E-state index is 12.1. The predicted octanol–water partition coefficient (Wildman–Crippen LogP) is 2.77. The molecule has 0 spiro atoms. The van der Waals surface area contributed by atoms with Crippen LogP contribution in [0.3, 0.4) is 0 Å². The van der Waals surface area contributed by atoms with E-state index in [-0.39, 0.29) is 18.2 Å². The normalized spacial score (nSPS) is 13.9. The van der Waals surface area contributed by atoms with E-state index >= 15 is 0 Å². The average molecular weight is 278 g/mol. The highest BCUT2D eigenvalue weighted by Gasteiger charge is 2.38. The molecule has 0 saturated carbocycles. The minimum atomic E-state index is -1.07. The molecule has 0 bridgehead atoms. The summed E-state index contributed by atoms with van der Waals surface area (Å²) in [7, 11) is 0. The Kier molecular flexibility index (Phi) is 4.87. The molecular formula is C15H22N2O3. The quantitative estimate of drug-likeness (QED) is 0.868. The smallest absolute Gasteiger partial charge is 0.310 e. The number of rotatable bonds is 5. The molecule has 110 valence electrons.